The van der Waals surface area contributed by atoms with Crippen LogP contribution in [0.1, 0.15) is 32.8 Å². The van der Waals surface area contributed by atoms with Crippen molar-refractivity contribution in [3.05, 3.63) is 23.8 Å². The molecular formula is C13H22N2O2S. The molecule has 1 rings (SSSR count). The summed E-state index contributed by atoms with van der Waals surface area (Å²) in [6, 6.07) is 5.09. The van der Waals surface area contributed by atoms with Crippen LogP contribution in [0.5, 0.6) is 0 Å². The Morgan fingerprint density at radius 1 is 1.33 bits per heavy atom. The Kier molecular flexibility index (Phi) is 4.76. The van der Waals surface area contributed by atoms with Gasteiger partial charge in [-0.05, 0) is 38.8 Å². The predicted molar refractivity (Wildman–Crippen MR) is 74.9 cm³/mol. The molecule has 5 heteroatoms. The van der Waals surface area contributed by atoms with Crippen LogP contribution in [-0.4, -0.2) is 25.3 Å². The van der Waals surface area contributed by atoms with Crippen LogP contribution in [0.2, 0.25) is 0 Å². The van der Waals surface area contributed by atoms with Gasteiger partial charge >= 0.3 is 0 Å². The van der Waals surface area contributed by atoms with Gasteiger partial charge in [0.05, 0.1) is 5.69 Å². The third kappa shape index (κ3) is 2.84. The molecule has 4 nitrogen and oxygen atoms in total. The highest BCUT2D eigenvalue weighted by Crippen LogP contribution is 2.27. The van der Waals surface area contributed by atoms with E-state index in [1.165, 1.54) is 4.31 Å². The van der Waals surface area contributed by atoms with E-state index in [2.05, 4.69) is 0 Å². The summed E-state index contributed by atoms with van der Waals surface area (Å²) in [5.74, 6) is 0. The Labute approximate surface area is 110 Å². The Morgan fingerprint density at radius 2 is 1.94 bits per heavy atom. The minimum atomic E-state index is -3.52. The number of nitrogen functional groups attached to an aromatic ring is 1. The highest BCUT2D eigenvalue weighted by atomic mass is 32.2. The number of hydrogen-bond acceptors (Lipinski definition) is 3. The molecule has 0 aliphatic carbocycles. The standard InChI is InChI=1S/C13H22N2O2S/c1-5-9-15(10(2)3)18(16,17)13-11(4)7-6-8-12(13)14/h6-8,10H,5,9,14H2,1-4H3. The highest BCUT2D eigenvalue weighted by Gasteiger charge is 2.29. The van der Waals surface area contributed by atoms with Gasteiger partial charge in [-0.3, -0.25) is 0 Å². The van der Waals surface area contributed by atoms with Crippen molar-refractivity contribution in [2.45, 2.75) is 45.1 Å². The Balaban J connectivity index is 3.36. The summed E-state index contributed by atoms with van der Waals surface area (Å²) in [5.41, 5.74) is 6.84. The third-order valence-electron chi connectivity index (χ3n) is 2.83. The van der Waals surface area contributed by atoms with Gasteiger partial charge in [0.1, 0.15) is 4.90 Å². The maximum atomic E-state index is 12.7. The second kappa shape index (κ2) is 5.71. The molecule has 18 heavy (non-hydrogen) atoms. The summed E-state index contributed by atoms with van der Waals surface area (Å²) >= 11 is 0. The van der Waals surface area contributed by atoms with Crippen LogP contribution in [0.15, 0.2) is 23.1 Å². The molecule has 0 fully saturated rings. The van der Waals surface area contributed by atoms with E-state index in [-0.39, 0.29) is 10.9 Å². The molecule has 0 spiro atoms. The van der Waals surface area contributed by atoms with E-state index in [9.17, 15) is 8.42 Å². The molecule has 1 aromatic carbocycles. The number of anilines is 1. The van der Waals surface area contributed by atoms with Crippen molar-refractivity contribution in [2.75, 3.05) is 12.3 Å². The van der Waals surface area contributed by atoms with Gasteiger partial charge in [0.25, 0.3) is 0 Å². The normalized spacial score (nSPS) is 12.3. The van der Waals surface area contributed by atoms with E-state index in [1.807, 2.05) is 20.8 Å². The van der Waals surface area contributed by atoms with E-state index in [4.69, 9.17) is 5.73 Å². The quantitative estimate of drug-likeness (QED) is 0.836. The first-order valence-corrected chi connectivity index (χ1v) is 7.63. The van der Waals surface area contributed by atoms with E-state index in [0.29, 0.717) is 17.8 Å². The lowest BCUT2D eigenvalue weighted by Crippen LogP contribution is -2.38. The number of rotatable bonds is 5. The lowest BCUT2D eigenvalue weighted by molar-refractivity contribution is 0.354. The first-order valence-electron chi connectivity index (χ1n) is 6.19. The maximum Gasteiger partial charge on any atom is 0.245 e. The predicted octanol–water partition coefficient (Wildman–Crippen LogP) is 2.39. The maximum absolute atomic E-state index is 12.7. The van der Waals surface area contributed by atoms with Crippen molar-refractivity contribution in [3.8, 4) is 0 Å². The van der Waals surface area contributed by atoms with Crippen molar-refractivity contribution in [3.63, 3.8) is 0 Å². The van der Waals surface area contributed by atoms with Crippen molar-refractivity contribution in [1.82, 2.24) is 4.31 Å². The zero-order valence-corrected chi connectivity index (χ0v) is 12.3. The molecule has 2 N–H and O–H groups in total. The third-order valence-corrected chi connectivity index (χ3v) is 5.12. The molecular weight excluding hydrogens is 248 g/mol. The SMILES string of the molecule is CCCN(C(C)C)S(=O)(=O)c1c(C)cccc1N. The molecule has 0 saturated heterocycles. The van der Waals surface area contributed by atoms with Gasteiger partial charge in [0.15, 0.2) is 0 Å². The summed E-state index contributed by atoms with van der Waals surface area (Å²) in [4.78, 5) is 0.243. The smallest absolute Gasteiger partial charge is 0.245 e. The minimum Gasteiger partial charge on any atom is -0.398 e. The first-order chi connectivity index (χ1) is 8.32. The first kappa shape index (κ1) is 15.0. The van der Waals surface area contributed by atoms with Crippen LogP contribution in [-0.2, 0) is 10.0 Å². The minimum absolute atomic E-state index is 0.0750. The summed E-state index contributed by atoms with van der Waals surface area (Å²) in [6.45, 7) is 8.00. The van der Waals surface area contributed by atoms with Crippen LogP contribution in [0.3, 0.4) is 0 Å². The number of sulfonamides is 1. The Hall–Kier alpha value is -1.07. The van der Waals surface area contributed by atoms with E-state index < -0.39 is 10.0 Å². The van der Waals surface area contributed by atoms with Gasteiger partial charge in [-0.15, -0.1) is 0 Å². The van der Waals surface area contributed by atoms with Gasteiger partial charge in [-0.1, -0.05) is 19.1 Å². The van der Waals surface area contributed by atoms with Crippen molar-refractivity contribution >= 4 is 15.7 Å². The number of benzene rings is 1. The molecule has 0 saturated carbocycles. The number of nitrogens with two attached hydrogens (primary N) is 1. The summed E-state index contributed by atoms with van der Waals surface area (Å²) < 4.78 is 26.8. The van der Waals surface area contributed by atoms with E-state index in [1.54, 1.807) is 25.1 Å². The number of aryl methyl sites for hydroxylation is 1. The van der Waals surface area contributed by atoms with Crippen LogP contribution in [0.4, 0.5) is 5.69 Å². The number of hydrogen-bond donors (Lipinski definition) is 1. The summed E-state index contributed by atoms with van der Waals surface area (Å²) in [7, 11) is -3.52. The fourth-order valence-corrected chi connectivity index (χ4v) is 4.07. The lowest BCUT2D eigenvalue weighted by atomic mass is 10.2. The van der Waals surface area contributed by atoms with Crippen LogP contribution in [0, 0.1) is 6.92 Å². The summed E-state index contributed by atoms with van der Waals surface area (Å²) in [6.07, 6.45) is 0.781. The second-order valence-electron chi connectivity index (χ2n) is 4.70. The molecule has 0 aliphatic heterocycles. The molecule has 1 aromatic rings. The van der Waals surface area contributed by atoms with Gasteiger partial charge < -0.3 is 5.73 Å². The zero-order chi connectivity index (χ0) is 13.9. The average Bonchev–Trinajstić information content (AvgIpc) is 2.24. The average molecular weight is 270 g/mol. The molecule has 102 valence electrons. The highest BCUT2D eigenvalue weighted by molar-refractivity contribution is 7.89. The van der Waals surface area contributed by atoms with Gasteiger partial charge in [0, 0.05) is 12.6 Å². The van der Waals surface area contributed by atoms with E-state index in [0.717, 1.165) is 6.42 Å². The van der Waals surface area contributed by atoms with Gasteiger partial charge in [-0.2, -0.15) is 4.31 Å². The number of nitrogens with zero attached hydrogens (tertiary/aromatic N) is 1. The molecule has 0 unspecified atom stereocenters. The fourth-order valence-electron chi connectivity index (χ4n) is 2.02. The zero-order valence-electron chi connectivity index (χ0n) is 11.5. The molecule has 0 aliphatic rings. The van der Waals surface area contributed by atoms with Crippen LogP contribution in [0.25, 0.3) is 0 Å². The lowest BCUT2D eigenvalue weighted by Gasteiger charge is -2.26. The Bertz CT molecular complexity index is 489. The summed E-state index contributed by atoms with van der Waals surface area (Å²) in [5, 5.41) is 0. The van der Waals surface area contributed by atoms with Crippen molar-refractivity contribution in [2.24, 2.45) is 0 Å². The molecule has 0 amide bonds. The Morgan fingerprint density at radius 3 is 2.39 bits per heavy atom. The van der Waals surface area contributed by atoms with Crippen LogP contribution >= 0.6 is 0 Å². The largest absolute Gasteiger partial charge is 0.398 e. The molecule has 0 atom stereocenters. The topological polar surface area (TPSA) is 63.4 Å². The molecule has 0 radical (unpaired) electrons. The monoisotopic (exact) mass is 270 g/mol. The van der Waals surface area contributed by atoms with Gasteiger partial charge in [-0.25, -0.2) is 8.42 Å². The second-order valence-corrected chi connectivity index (χ2v) is 6.53. The van der Waals surface area contributed by atoms with Gasteiger partial charge in [0.2, 0.25) is 10.0 Å². The van der Waals surface area contributed by atoms with Crippen molar-refractivity contribution < 1.29 is 8.42 Å². The van der Waals surface area contributed by atoms with Crippen molar-refractivity contribution in [1.29, 1.82) is 0 Å². The fraction of sp³-hybridized carbons (Fsp3) is 0.538. The molecule has 0 aromatic heterocycles. The van der Waals surface area contributed by atoms with Crippen LogP contribution < -0.4 is 5.73 Å². The molecule has 0 heterocycles. The molecule has 0 bridgehead atoms. The van der Waals surface area contributed by atoms with E-state index >= 15 is 0 Å².